The van der Waals surface area contributed by atoms with Crippen LogP contribution in [-0.4, -0.2) is 26.4 Å². The molecule has 0 heterocycles. The zero-order chi connectivity index (χ0) is 9.98. The maximum absolute atomic E-state index is 9.97. The van der Waals surface area contributed by atoms with E-state index in [2.05, 4.69) is 15.1 Å². The summed E-state index contributed by atoms with van der Waals surface area (Å²) in [6, 6.07) is 0. The highest BCUT2D eigenvalue weighted by molar-refractivity contribution is 5.64. The number of primary amides is 1. The smallest absolute Gasteiger partial charge is 0.404 e. The first kappa shape index (κ1) is 13.8. The van der Waals surface area contributed by atoms with Gasteiger partial charge in [-0.25, -0.2) is 10.3 Å². The van der Waals surface area contributed by atoms with Gasteiger partial charge < -0.3 is 15.3 Å². The summed E-state index contributed by atoms with van der Waals surface area (Å²) in [6.45, 7) is 3.72. The molecule has 0 aliphatic carbocycles. The zero-order valence-corrected chi connectivity index (χ0v) is 8.09. The average molecular weight is 178 g/mol. The largest absolute Gasteiger partial charge is 0.447 e. The summed E-state index contributed by atoms with van der Waals surface area (Å²) in [6.07, 6.45) is 0.0648. The average Bonchev–Trinajstić information content (AvgIpc) is 2.04. The summed E-state index contributed by atoms with van der Waals surface area (Å²) in [5, 5.41) is 0. The first-order chi connectivity index (χ1) is 5.58. The molecule has 0 saturated carbocycles. The fraction of sp³-hybridized carbons (Fsp3) is 0.857. The number of nitrogens with two attached hydrogens (primary N) is 1. The first-order valence-electron chi connectivity index (χ1n) is 3.74. The molecule has 0 aromatic heterocycles. The predicted molar refractivity (Wildman–Crippen MR) is 46.5 cm³/mol. The van der Waals surface area contributed by atoms with Crippen LogP contribution in [0.1, 0.15) is 20.3 Å². The lowest BCUT2D eigenvalue weighted by atomic mass is 10.3. The number of amides is 1. The molecule has 5 heteroatoms. The van der Waals surface area contributed by atoms with Crippen molar-refractivity contribution in [1.29, 1.82) is 0 Å². The van der Waals surface area contributed by atoms with Crippen molar-refractivity contribution in [2.75, 3.05) is 14.2 Å². The molecule has 0 aromatic rings. The molecule has 5 nitrogen and oxygen atoms in total. The van der Waals surface area contributed by atoms with Crippen LogP contribution in [0.25, 0.3) is 0 Å². The van der Waals surface area contributed by atoms with Gasteiger partial charge in [-0.05, 0) is 13.3 Å². The quantitative estimate of drug-likeness (QED) is 0.622. The van der Waals surface area contributed by atoms with Crippen LogP contribution in [0.4, 0.5) is 4.79 Å². The van der Waals surface area contributed by atoms with Gasteiger partial charge in [0.15, 0.2) is 0 Å². The highest BCUT2D eigenvalue weighted by Gasteiger charge is 1.99. The molecule has 0 fully saturated rings. The third-order valence-corrected chi connectivity index (χ3v) is 1.10. The Morgan fingerprint density at radius 1 is 1.67 bits per heavy atom. The molecule has 0 saturated heterocycles. The van der Waals surface area contributed by atoms with Gasteiger partial charge in [-0.1, -0.05) is 6.92 Å². The van der Waals surface area contributed by atoms with E-state index in [4.69, 9.17) is 5.73 Å². The molecule has 1 atom stereocenters. The molecule has 0 bridgehead atoms. The van der Waals surface area contributed by atoms with E-state index in [1.54, 1.807) is 21.1 Å². The Hall–Kier alpha value is -0.810. The van der Waals surface area contributed by atoms with E-state index in [1.807, 2.05) is 6.92 Å². The van der Waals surface area contributed by atoms with Crippen molar-refractivity contribution in [2.45, 2.75) is 26.4 Å². The van der Waals surface area contributed by atoms with Crippen molar-refractivity contribution in [1.82, 2.24) is 5.48 Å². The maximum Gasteiger partial charge on any atom is 0.404 e. The minimum atomic E-state index is -0.695. The molecule has 0 radical (unpaired) electrons. The fourth-order valence-electron chi connectivity index (χ4n) is 0.282. The minimum Gasteiger partial charge on any atom is -0.447 e. The lowest BCUT2D eigenvalue weighted by molar-refractivity contribution is 0.112. The van der Waals surface area contributed by atoms with E-state index in [0.717, 1.165) is 6.42 Å². The van der Waals surface area contributed by atoms with Crippen molar-refractivity contribution >= 4 is 6.09 Å². The molecule has 0 spiro atoms. The lowest BCUT2D eigenvalue weighted by Crippen LogP contribution is -2.19. The van der Waals surface area contributed by atoms with Crippen molar-refractivity contribution < 1.29 is 14.4 Å². The number of hydrogen-bond donors (Lipinski definition) is 2. The van der Waals surface area contributed by atoms with E-state index < -0.39 is 6.09 Å². The van der Waals surface area contributed by atoms with Gasteiger partial charge >= 0.3 is 6.09 Å². The van der Waals surface area contributed by atoms with Gasteiger partial charge in [0.05, 0.1) is 7.11 Å². The van der Waals surface area contributed by atoms with Gasteiger partial charge in [-0.3, -0.25) is 0 Å². The van der Waals surface area contributed by atoms with Crippen LogP contribution in [0.5, 0.6) is 0 Å². The van der Waals surface area contributed by atoms with Gasteiger partial charge in [0, 0.05) is 7.05 Å². The summed E-state index contributed by atoms with van der Waals surface area (Å²) in [4.78, 5) is 14.3. The number of ether oxygens (including phenoxy) is 1. The van der Waals surface area contributed by atoms with E-state index in [0.29, 0.717) is 0 Å². The van der Waals surface area contributed by atoms with E-state index >= 15 is 0 Å². The van der Waals surface area contributed by atoms with Gasteiger partial charge in [0.1, 0.15) is 6.10 Å². The molecular formula is C7H18N2O3. The minimum absolute atomic E-state index is 0.0486. The predicted octanol–water partition coefficient (Wildman–Crippen LogP) is 0.647. The number of carbonyl (C=O) groups excluding carboxylic acids is 1. The van der Waals surface area contributed by atoms with Gasteiger partial charge in [-0.15, -0.1) is 0 Å². The highest BCUT2D eigenvalue weighted by atomic mass is 16.6. The third-order valence-electron chi connectivity index (χ3n) is 1.10. The summed E-state index contributed by atoms with van der Waals surface area (Å²) in [5.74, 6) is 0. The van der Waals surface area contributed by atoms with Crippen molar-refractivity contribution in [3.8, 4) is 0 Å². The molecule has 0 aliphatic heterocycles. The Morgan fingerprint density at radius 3 is 2.17 bits per heavy atom. The first-order valence-corrected chi connectivity index (χ1v) is 3.74. The zero-order valence-electron chi connectivity index (χ0n) is 8.09. The topological polar surface area (TPSA) is 73.6 Å². The Morgan fingerprint density at radius 2 is 2.08 bits per heavy atom. The standard InChI is InChI=1S/C5H11NO2.C2H7NO/c1-3-4(2)8-5(6)7;1-3-4-2/h4H,3H2,1-2H3,(H2,6,7);3H,1-2H3. The molecule has 1 amide bonds. The van der Waals surface area contributed by atoms with Crippen molar-refractivity contribution in [2.24, 2.45) is 5.73 Å². The Balaban J connectivity index is 0. The van der Waals surface area contributed by atoms with E-state index in [1.165, 1.54) is 0 Å². The second kappa shape index (κ2) is 10.2. The number of hydrogen-bond acceptors (Lipinski definition) is 4. The molecule has 0 rings (SSSR count). The van der Waals surface area contributed by atoms with Crippen LogP contribution in [0.15, 0.2) is 0 Å². The van der Waals surface area contributed by atoms with Crippen LogP contribution in [0.2, 0.25) is 0 Å². The third kappa shape index (κ3) is 16.1. The molecule has 1 unspecified atom stereocenters. The number of nitrogens with one attached hydrogen (secondary N) is 1. The summed E-state index contributed by atoms with van der Waals surface area (Å²) in [7, 11) is 3.28. The maximum atomic E-state index is 9.97. The van der Waals surface area contributed by atoms with Crippen molar-refractivity contribution in [3.05, 3.63) is 0 Å². The van der Waals surface area contributed by atoms with Crippen LogP contribution in [0, 0.1) is 0 Å². The molecular weight excluding hydrogens is 160 g/mol. The number of rotatable bonds is 3. The van der Waals surface area contributed by atoms with Crippen LogP contribution < -0.4 is 11.2 Å². The molecule has 74 valence electrons. The Bertz CT molecular complexity index is 107. The van der Waals surface area contributed by atoms with Gasteiger partial charge in [0.2, 0.25) is 0 Å². The summed E-state index contributed by atoms with van der Waals surface area (Å²) in [5.41, 5.74) is 7.14. The normalized spacial score (nSPS) is 11.0. The van der Waals surface area contributed by atoms with E-state index in [9.17, 15) is 4.79 Å². The Kier molecular flexibility index (Phi) is 11.7. The van der Waals surface area contributed by atoms with Crippen LogP contribution in [0.3, 0.4) is 0 Å². The molecule has 12 heavy (non-hydrogen) atoms. The molecule has 0 aliphatic rings. The Labute approximate surface area is 73.2 Å². The number of carbonyl (C=O) groups is 1. The fourth-order valence-corrected chi connectivity index (χ4v) is 0.282. The monoisotopic (exact) mass is 178 g/mol. The number of hydroxylamine groups is 1. The SMILES string of the molecule is CCC(C)OC(N)=O.CNOC. The van der Waals surface area contributed by atoms with Crippen LogP contribution >= 0.6 is 0 Å². The van der Waals surface area contributed by atoms with E-state index in [-0.39, 0.29) is 6.10 Å². The van der Waals surface area contributed by atoms with Crippen molar-refractivity contribution in [3.63, 3.8) is 0 Å². The van der Waals surface area contributed by atoms with Gasteiger partial charge in [-0.2, -0.15) is 0 Å². The molecule has 0 aromatic carbocycles. The van der Waals surface area contributed by atoms with Gasteiger partial charge in [0.25, 0.3) is 0 Å². The highest BCUT2D eigenvalue weighted by Crippen LogP contribution is 1.93. The summed E-state index contributed by atoms with van der Waals surface area (Å²) >= 11 is 0. The lowest BCUT2D eigenvalue weighted by Gasteiger charge is -2.06. The second-order valence-corrected chi connectivity index (χ2v) is 2.06. The second-order valence-electron chi connectivity index (χ2n) is 2.06. The van der Waals surface area contributed by atoms with Crippen LogP contribution in [-0.2, 0) is 9.57 Å². The summed E-state index contributed by atoms with van der Waals surface area (Å²) < 4.78 is 4.54. The molecule has 3 N–H and O–H groups in total.